The Hall–Kier alpha value is -3.55. The molecule has 0 heterocycles. The first-order valence-corrected chi connectivity index (χ1v) is 24.0. The van der Waals surface area contributed by atoms with Crippen LogP contribution in [0.2, 0.25) is 6.32 Å². The van der Waals surface area contributed by atoms with E-state index in [-0.39, 0.29) is 25.3 Å². The molecule has 10 heteroatoms. The lowest BCUT2D eigenvalue weighted by Crippen LogP contribution is -1.98. The number of hydrogen-bond donors (Lipinski definition) is 0. The van der Waals surface area contributed by atoms with E-state index in [1.54, 1.807) is 6.08 Å². The van der Waals surface area contributed by atoms with Crippen LogP contribution in [0.15, 0.2) is 77.4 Å². The van der Waals surface area contributed by atoms with Gasteiger partial charge in [-0.3, -0.25) is 19.2 Å². The number of carbonyl (C=O) groups is 4. The van der Waals surface area contributed by atoms with Gasteiger partial charge in [-0.05, 0) is 31.6 Å². The van der Waals surface area contributed by atoms with Crippen LogP contribution in [0, 0.1) is 11.8 Å². The monoisotopic (exact) mass is 947 g/mol. The molecule has 0 aromatic carbocycles. The lowest BCUT2D eigenvalue weighted by Gasteiger charge is -2.08. The van der Waals surface area contributed by atoms with Gasteiger partial charge in [-0.25, -0.2) is 0 Å². The van der Waals surface area contributed by atoms with E-state index in [4.69, 9.17) is 7.85 Å². The van der Waals surface area contributed by atoms with Crippen LogP contribution >= 0.6 is 0 Å². The molecule has 4 radical (unpaired) electrons. The molecular formula is C56H124B2O8. The second kappa shape index (κ2) is 179. The van der Waals surface area contributed by atoms with E-state index in [1.165, 1.54) is 98.7 Å². The van der Waals surface area contributed by atoms with Gasteiger partial charge in [0.15, 0.2) is 0 Å². The molecule has 0 aromatic heterocycles. The second-order valence-corrected chi connectivity index (χ2v) is 11.3. The summed E-state index contributed by atoms with van der Waals surface area (Å²) in [6.07, 6.45) is 19.9. The highest BCUT2D eigenvalue weighted by molar-refractivity contribution is 6.08. The van der Waals surface area contributed by atoms with Crippen molar-refractivity contribution in [2.75, 3.05) is 20.3 Å². The molecule has 0 aromatic rings. The molecule has 0 aliphatic carbocycles. The van der Waals surface area contributed by atoms with Gasteiger partial charge in [0.1, 0.15) is 6.61 Å². The van der Waals surface area contributed by atoms with Crippen molar-refractivity contribution in [3.63, 3.8) is 0 Å². The molecule has 402 valence electrons. The van der Waals surface area contributed by atoms with Crippen molar-refractivity contribution in [2.45, 2.75) is 237 Å². The number of hydrogen-bond acceptors (Lipinski definition) is 8. The number of unbranched alkanes of at least 4 members (excludes halogenated alkanes) is 1. The molecular weight excluding hydrogens is 822 g/mol. The Balaban J connectivity index is -0.0000000264. The third-order valence-electron chi connectivity index (χ3n) is 5.40. The minimum atomic E-state index is -0.468. The normalized spacial score (nSPS) is 6.80. The second-order valence-electron chi connectivity index (χ2n) is 11.3. The van der Waals surface area contributed by atoms with Gasteiger partial charge in [0.2, 0.25) is 0 Å². The standard InChI is InChI=1S/C8H18.C6H14.C5H10O2.C5H8O2.C4H10.C4H8.C3H6O2.C3H8.C3H6.C2H3BO2.C2H5B.2C2H6.3C2H4.CH4/c1-4-7-8(5-2)6-3;1-4-6(3)5-2;2*1-3-4-7-5(2)6;2*1-3-4-2;1-3(4)5-2;2*1-3-2;1-2(4)5-3;1-2-3;5*1-2;/h8H,4-7H2,1-3H3;6H,4-5H2,1-3H3;3-4H2,1-2H3;3H,1,4H2,2H3;3-4H2,1-2H3;3H,1,4H2,2H3;1-2H3;3H2,1-2H3;3H,1H2,2H3;1H3;2H2,1H3;2*1-2H3;3*1-2H2;1H4. The number of methoxy groups -OCH3 is 1. The molecule has 0 bridgehead atoms. The maximum atomic E-state index is 9.98. The Morgan fingerprint density at radius 1 is 0.561 bits per heavy atom. The SMILES string of the molecule is C.C=C.C=C.C=C.C=CC.C=CCC.C=CCOC(C)=O.CC.CC.CCC.CCC(C)CC.CCCC.CCCC(CC)CC.CCCOC(C)=O.COC(C)=O.[B]CC.[B]OC(C)=O. The molecule has 0 N–H and O–H groups in total. The van der Waals surface area contributed by atoms with Crippen LogP contribution < -0.4 is 0 Å². The van der Waals surface area contributed by atoms with Crippen molar-refractivity contribution >= 4 is 39.8 Å². The molecule has 0 saturated heterocycles. The Morgan fingerprint density at radius 3 is 0.864 bits per heavy atom. The fourth-order valence-electron chi connectivity index (χ4n) is 1.82. The third kappa shape index (κ3) is 464. The average molecular weight is 947 g/mol. The van der Waals surface area contributed by atoms with E-state index in [1.807, 2.05) is 54.5 Å². The summed E-state index contributed by atoms with van der Waals surface area (Å²) in [5.41, 5.74) is 0. The molecule has 0 rings (SSSR count). The van der Waals surface area contributed by atoms with Crippen molar-refractivity contribution in [3.8, 4) is 0 Å². The van der Waals surface area contributed by atoms with E-state index >= 15 is 0 Å². The van der Waals surface area contributed by atoms with Gasteiger partial charge in [-0.2, -0.15) is 0 Å². The fourth-order valence-corrected chi connectivity index (χ4v) is 1.82. The minimum absolute atomic E-state index is 0. The van der Waals surface area contributed by atoms with E-state index in [9.17, 15) is 19.2 Å². The van der Waals surface area contributed by atoms with Gasteiger partial charge in [0.05, 0.1) is 21.6 Å². The Kier molecular flexibility index (Phi) is 309. The van der Waals surface area contributed by atoms with E-state index < -0.39 is 5.97 Å². The van der Waals surface area contributed by atoms with Gasteiger partial charge >= 0.3 is 26.0 Å². The van der Waals surface area contributed by atoms with Crippen molar-refractivity contribution < 1.29 is 38.0 Å². The number of carbonyl (C=O) groups excluding carboxylic acids is 4. The number of rotatable bonds is 12. The van der Waals surface area contributed by atoms with Crippen LogP contribution in [0.25, 0.3) is 0 Å². The van der Waals surface area contributed by atoms with Crippen LogP contribution in [0.4, 0.5) is 0 Å². The Morgan fingerprint density at radius 2 is 0.818 bits per heavy atom. The summed E-state index contributed by atoms with van der Waals surface area (Å²) >= 11 is 0. The number of esters is 3. The van der Waals surface area contributed by atoms with Gasteiger partial charge in [-0.1, -0.05) is 214 Å². The van der Waals surface area contributed by atoms with Crippen LogP contribution in [-0.4, -0.2) is 60.1 Å². The molecule has 66 heavy (non-hydrogen) atoms. The predicted octanol–water partition coefficient (Wildman–Crippen LogP) is 18.9. The summed E-state index contributed by atoms with van der Waals surface area (Å²) in [4.78, 5) is 39.0. The first kappa shape index (κ1) is 114. The molecule has 0 saturated carbocycles. The number of allylic oxidation sites excluding steroid dienone is 2. The quantitative estimate of drug-likeness (QED) is 0.0824. The van der Waals surface area contributed by atoms with Crippen LogP contribution in [0.5, 0.6) is 0 Å². The zero-order chi connectivity index (χ0) is 56.3. The van der Waals surface area contributed by atoms with E-state index in [0.717, 1.165) is 31.0 Å². The van der Waals surface area contributed by atoms with E-state index in [0.29, 0.717) is 13.2 Å². The summed E-state index contributed by atoms with van der Waals surface area (Å²) in [5.74, 6) is 0.766. The van der Waals surface area contributed by atoms with Gasteiger partial charge in [0, 0.05) is 27.7 Å². The van der Waals surface area contributed by atoms with Crippen LogP contribution in [-0.2, 0) is 38.0 Å². The summed E-state index contributed by atoms with van der Waals surface area (Å²) in [5, 5.41) is 0. The highest BCUT2D eigenvalue weighted by Crippen LogP contribution is 2.13. The van der Waals surface area contributed by atoms with Gasteiger partial charge < -0.3 is 18.9 Å². The first-order chi connectivity index (χ1) is 30.8. The van der Waals surface area contributed by atoms with Crippen LogP contribution in [0.3, 0.4) is 0 Å². The predicted molar refractivity (Wildman–Crippen MR) is 310 cm³/mol. The molecule has 8 nitrogen and oxygen atoms in total. The lowest BCUT2D eigenvalue weighted by molar-refractivity contribution is -0.141. The molecule has 0 amide bonds. The summed E-state index contributed by atoms with van der Waals surface area (Å²) < 4.78 is 16.7. The maximum absolute atomic E-state index is 9.98. The Bertz CT molecular complexity index is 704. The van der Waals surface area contributed by atoms with Gasteiger partial charge in [0.25, 0.3) is 5.97 Å². The van der Waals surface area contributed by atoms with Crippen molar-refractivity contribution in [2.24, 2.45) is 11.8 Å². The van der Waals surface area contributed by atoms with Crippen LogP contribution in [0.1, 0.15) is 230 Å². The zero-order valence-electron chi connectivity index (χ0n) is 48.6. The summed E-state index contributed by atoms with van der Waals surface area (Å²) in [6, 6.07) is 0. The molecule has 0 aliphatic rings. The van der Waals surface area contributed by atoms with Crippen molar-refractivity contribution in [1.82, 2.24) is 0 Å². The minimum Gasteiger partial charge on any atom is -0.544 e. The fraction of sp³-hybridized carbons (Fsp3) is 0.714. The lowest BCUT2D eigenvalue weighted by atomic mass is 9.98. The molecule has 0 spiro atoms. The average Bonchev–Trinajstić information content (AvgIpc) is 3.34. The largest absolute Gasteiger partial charge is 0.544 e. The zero-order valence-corrected chi connectivity index (χ0v) is 48.6. The molecule has 0 aliphatic heterocycles. The highest BCUT2D eigenvalue weighted by Gasteiger charge is 1.98. The topological polar surface area (TPSA) is 105 Å². The van der Waals surface area contributed by atoms with Gasteiger partial charge in [-0.15, -0.1) is 52.6 Å². The third-order valence-corrected chi connectivity index (χ3v) is 5.40. The van der Waals surface area contributed by atoms with E-state index in [2.05, 4.69) is 162 Å². The Labute approximate surface area is 422 Å². The maximum Gasteiger partial charge on any atom is 0.378 e. The molecule has 0 atom stereocenters. The highest BCUT2D eigenvalue weighted by atomic mass is 16.5. The summed E-state index contributed by atoms with van der Waals surface area (Å²) in [7, 11) is 10.5. The molecule has 0 fully saturated rings. The number of ether oxygens (including phenoxy) is 3. The summed E-state index contributed by atoms with van der Waals surface area (Å²) in [6.45, 7) is 72.4. The molecule has 0 unspecified atom stereocenters. The smallest absolute Gasteiger partial charge is 0.378 e. The van der Waals surface area contributed by atoms with Crippen molar-refractivity contribution in [3.05, 3.63) is 77.4 Å². The van der Waals surface area contributed by atoms with Crippen molar-refractivity contribution in [1.29, 1.82) is 0 Å². The first-order valence-electron chi connectivity index (χ1n) is 24.0.